The lowest BCUT2D eigenvalue weighted by Gasteiger charge is -2.21. The molecule has 1 aromatic rings. The quantitative estimate of drug-likeness (QED) is 0.753. The fourth-order valence-electron chi connectivity index (χ4n) is 1.61. The highest BCUT2D eigenvalue weighted by Crippen LogP contribution is 2.25. The van der Waals surface area contributed by atoms with Gasteiger partial charge in [0, 0.05) is 6.42 Å². The molecule has 0 N–H and O–H groups in total. The summed E-state index contributed by atoms with van der Waals surface area (Å²) in [6.45, 7) is 1.58. The Morgan fingerprint density at radius 1 is 1.53 bits per heavy atom. The van der Waals surface area contributed by atoms with Gasteiger partial charge in [0.15, 0.2) is 0 Å². The van der Waals surface area contributed by atoms with Gasteiger partial charge < -0.3 is 4.74 Å². The molecule has 0 radical (unpaired) electrons. The standard InChI is InChI=1S/C13H14FNO2/c1-3-13(14,12(16)17-2)8-10-6-4-5-7-11(10)9-15/h4-7H,3,8H2,1-2H3. The van der Waals surface area contributed by atoms with Gasteiger partial charge in [-0.1, -0.05) is 25.1 Å². The van der Waals surface area contributed by atoms with Crippen LogP contribution >= 0.6 is 0 Å². The van der Waals surface area contributed by atoms with E-state index in [4.69, 9.17) is 5.26 Å². The molecule has 0 aliphatic heterocycles. The Kier molecular flexibility index (Phi) is 4.22. The van der Waals surface area contributed by atoms with Gasteiger partial charge >= 0.3 is 5.97 Å². The molecule has 1 aromatic carbocycles. The molecule has 90 valence electrons. The Balaban J connectivity index is 3.04. The lowest BCUT2D eigenvalue weighted by atomic mass is 9.91. The monoisotopic (exact) mass is 235 g/mol. The summed E-state index contributed by atoms with van der Waals surface area (Å²) in [5.74, 6) is -0.896. The summed E-state index contributed by atoms with van der Waals surface area (Å²) in [4.78, 5) is 11.4. The fraction of sp³-hybridized carbons (Fsp3) is 0.385. The minimum Gasteiger partial charge on any atom is -0.467 e. The lowest BCUT2D eigenvalue weighted by Crippen LogP contribution is -2.36. The van der Waals surface area contributed by atoms with Gasteiger partial charge in [-0.15, -0.1) is 0 Å². The van der Waals surface area contributed by atoms with E-state index in [2.05, 4.69) is 4.74 Å². The third-order valence-electron chi connectivity index (χ3n) is 2.72. The number of nitrogens with zero attached hydrogens (tertiary/aromatic N) is 1. The maximum absolute atomic E-state index is 14.3. The summed E-state index contributed by atoms with van der Waals surface area (Å²) >= 11 is 0. The number of benzene rings is 1. The van der Waals surface area contributed by atoms with E-state index in [1.807, 2.05) is 6.07 Å². The molecule has 0 bridgehead atoms. The normalized spacial score (nSPS) is 13.5. The molecule has 4 heteroatoms. The highest BCUT2D eigenvalue weighted by Gasteiger charge is 2.38. The number of carbonyl (C=O) groups is 1. The summed E-state index contributed by atoms with van der Waals surface area (Å²) < 4.78 is 18.8. The van der Waals surface area contributed by atoms with Crippen molar-refractivity contribution < 1.29 is 13.9 Å². The second kappa shape index (κ2) is 5.44. The van der Waals surface area contributed by atoms with Gasteiger partial charge in [-0.3, -0.25) is 0 Å². The molecule has 0 aliphatic rings. The van der Waals surface area contributed by atoms with E-state index in [0.717, 1.165) is 7.11 Å². The van der Waals surface area contributed by atoms with Crippen LogP contribution in [-0.4, -0.2) is 18.7 Å². The first-order valence-corrected chi connectivity index (χ1v) is 5.32. The average Bonchev–Trinajstić information content (AvgIpc) is 2.38. The predicted octanol–water partition coefficient (Wildman–Crippen LogP) is 2.39. The van der Waals surface area contributed by atoms with E-state index < -0.39 is 11.6 Å². The average molecular weight is 235 g/mol. The summed E-state index contributed by atoms with van der Waals surface area (Å²) in [5, 5.41) is 8.90. The van der Waals surface area contributed by atoms with Crippen LogP contribution in [-0.2, 0) is 16.0 Å². The SMILES string of the molecule is CCC(F)(Cc1ccccc1C#N)C(=O)OC. The van der Waals surface area contributed by atoms with E-state index >= 15 is 0 Å². The van der Waals surface area contributed by atoms with Crippen molar-refractivity contribution in [3.8, 4) is 6.07 Å². The van der Waals surface area contributed by atoms with Crippen molar-refractivity contribution in [3.05, 3.63) is 35.4 Å². The van der Waals surface area contributed by atoms with Crippen molar-refractivity contribution >= 4 is 5.97 Å². The van der Waals surface area contributed by atoms with Crippen molar-refractivity contribution in [1.29, 1.82) is 5.26 Å². The first-order valence-electron chi connectivity index (χ1n) is 5.32. The van der Waals surface area contributed by atoms with Gasteiger partial charge in [-0.05, 0) is 18.1 Å². The van der Waals surface area contributed by atoms with Crippen molar-refractivity contribution in [2.24, 2.45) is 0 Å². The largest absolute Gasteiger partial charge is 0.467 e. The summed E-state index contributed by atoms with van der Waals surface area (Å²) in [6.07, 6.45) is -0.126. The van der Waals surface area contributed by atoms with Crippen LogP contribution in [0.15, 0.2) is 24.3 Å². The molecule has 1 unspecified atom stereocenters. The number of nitriles is 1. The number of esters is 1. The number of hydrogen-bond acceptors (Lipinski definition) is 3. The van der Waals surface area contributed by atoms with Crippen LogP contribution in [0.1, 0.15) is 24.5 Å². The number of carbonyl (C=O) groups excluding carboxylic acids is 1. The second-order valence-electron chi connectivity index (χ2n) is 3.76. The van der Waals surface area contributed by atoms with Gasteiger partial charge in [0.1, 0.15) is 0 Å². The third kappa shape index (κ3) is 2.82. The molecule has 3 nitrogen and oxygen atoms in total. The molecule has 1 atom stereocenters. The van der Waals surface area contributed by atoms with Gasteiger partial charge in [-0.2, -0.15) is 5.26 Å². The molecule has 0 fully saturated rings. The molecular weight excluding hydrogens is 221 g/mol. The smallest absolute Gasteiger partial charge is 0.343 e. The Hall–Kier alpha value is -1.89. The van der Waals surface area contributed by atoms with Crippen molar-refractivity contribution in [2.45, 2.75) is 25.4 Å². The maximum atomic E-state index is 14.3. The van der Waals surface area contributed by atoms with Crippen LogP contribution in [0.25, 0.3) is 0 Å². The topological polar surface area (TPSA) is 50.1 Å². The Bertz CT molecular complexity index is 453. The number of ether oxygens (including phenoxy) is 1. The van der Waals surface area contributed by atoms with Crippen LogP contribution in [0.2, 0.25) is 0 Å². The maximum Gasteiger partial charge on any atom is 0.343 e. The van der Waals surface area contributed by atoms with E-state index in [0.29, 0.717) is 11.1 Å². The Morgan fingerprint density at radius 3 is 2.71 bits per heavy atom. The van der Waals surface area contributed by atoms with Gasteiger partial charge in [0.05, 0.1) is 18.7 Å². The first-order chi connectivity index (χ1) is 8.07. The molecule has 0 aliphatic carbocycles. The molecular formula is C13H14FNO2. The van der Waals surface area contributed by atoms with Gasteiger partial charge in [0.2, 0.25) is 5.67 Å². The Labute approximate surface area is 99.8 Å². The number of hydrogen-bond donors (Lipinski definition) is 0. The molecule has 0 spiro atoms. The van der Waals surface area contributed by atoms with Gasteiger partial charge in [-0.25, -0.2) is 9.18 Å². The zero-order valence-electron chi connectivity index (χ0n) is 9.87. The van der Waals surface area contributed by atoms with Crippen LogP contribution in [0, 0.1) is 11.3 Å². The van der Waals surface area contributed by atoms with Crippen LogP contribution in [0.5, 0.6) is 0 Å². The van der Waals surface area contributed by atoms with E-state index in [1.165, 1.54) is 0 Å². The minimum atomic E-state index is -2.07. The van der Waals surface area contributed by atoms with E-state index in [9.17, 15) is 9.18 Å². The number of alkyl halides is 1. The lowest BCUT2D eigenvalue weighted by molar-refractivity contribution is -0.154. The van der Waals surface area contributed by atoms with Crippen LogP contribution < -0.4 is 0 Å². The molecule has 0 saturated heterocycles. The summed E-state index contributed by atoms with van der Waals surface area (Å²) in [5.41, 5.74) is -1.17. The van der Waals surface area contributed by atoms with Gasteiger partial charge in [0.25, 0.3) is 0 Å². The molecule has 1 rings (SSSR count). The zero-order valence-corrected chi connectivity index (χ0v) is 9.87. The number of methoxy groups -OCH3 is 1. The third-order valence-corrected chi connectivity index (χ3v) is 2.72. The van der Waals surface area contributed by atoms with Crippen LogP contribution in [0.3, 0.4) is 0 Å². The first kappa shape index (κ1) is 13.2. The molecule has 0 heterocycles. The molecule has 0 aromatic heterocycles. The molecule has 17 heavy (non-hydrogen) atoms. The van der Waals surface area contributed by atoms with Crippen molar-refractivity contribution in [2.75, 3.05) is 7.11 Å². The number of rotatable bonds is 4. The fourth-order valence-corrected chi connectivity index (χ4v) is 1.61. The van der Waals surface area contributed by atoms with Crippen LogP contribution in [0.4, 0.5) is 4.39 Å². The summed E-state index contributed by atoms with van der Waals surface area (Å²) in [7, 11) is 1.16. The Morgan fingerprint density at radius 2 is 2.18 bits per heavy atom. The highest BCUT2D eigenvalue weighted by molar-refractivity contribution is 5.79. The van der Waals surface area contributed by atoms with E-state index in [-0.39, 0.29) is 12.8 Å². The number of halogens is 1. The van der Waals surface area contributed by atoms with E-state index in [1.54, 1.807) is 31.2 Å². The predicted molar refractivity (Wildman–Crippen MR) is 61.0 cm³/mol. The zero-order chi connectivity index (χ0) is 12.9. The second-order valence-corrected chi connectivity index (χ2v) is 3.76. The molecule has 0 amide bonds. The highest BCUT2D eigenvalue weighted by atomic mass is 19.1. The van der Waals surface area contributed by atoms with Crippen molar-refractivity contribution in [1.82, 2.24) is 0 Å². The minimum absolute atomic E-state index is 0.0133. The van der Waals surface area contributed by atoms with Crippen molar-refractivity contribution in [3.63, 3.8) is 0 Å². The summed E-state index contributed by atoms with van der Waals surface area (Å²) in [6, 6.07) is 8.64. The molecule has 0 saturated carbocycles.